The Hall–Kier alpha value is -1.92. The number of carbonyl (C=O) groups excluding carboxylic acids is 1. The molecule has 1 unspecified atom stereocenters. The quantitative estimate of drug-likeness (QED) is 0.853. The largest absolute Gasteiger partial charge is 0.379 e. The van der Waals surface area contributed by atoms with Gasteiger partial charge in [0, 0.05) is 24.2 Å². The zero-order valence-corrected chi connectivity index (χ0v) is 13.9. The Kier molecular flexibility index (Phi) is 5.25. The lowest BCUT2D eigenvalue weighted by atomic mass is 9.97. The molecule has 2 heterocycles. The molecule has 1 saturated heterocycles. The van der Waals surface area contributed by atoms with Crippen LogP contribution in [0.1, 0.15) is 24.1 Å². The van der Waals surface area contributed by atoms with Gasteiger partial charge in [-0.15, -0.1) is 11.3 Å². The van der Waals surface area contributed by atoms with Gasteiger partial charge in [-0.05, 0) is 31.0 Å². The number of nitrogens with one attached hydrogen (secondary N) is 1. The molecule has 122 valence electrons. The maximum Gasteiger partial charge on any atom is 0.221 e. The number of hydrogen-bond donors (Lipinski definition) is 2. The number of carbonyl (C=O) groups is 1. The van der Waals surface area contributed by atoms with Crippen LogP contribution < -0.4 is 11.1 Å². The summed E-state index contributed by atoms with van der Waals surface area (Å²) in [5.74, 6) is -0.191. The Morgan fingerprint density at radius 3 is 3.09 bits per heavy atom. The average Bonchev–Trinajstić information content (AvgIpc) is 3.08. The van der Waals surface area contributed by atoms with Gasteiger partial charge in [-0.2, -0.15) is 0 Å². The Balaban J connectivity index is 1.64. The maximum atomic E-state index is 11.4. The second-order valence-corrected chi connectivity index (χ2v) is 6.69. The number of aromatic nitrogens is 1. The summed E-state index contributed by atoms with van der Waals surface area (Å²) in [5, 5.41) is 5.52. The zero-order chi connectivity index (χ0) is 16.1. The molecule has 3 N–H and O–H groups in total. The molecular weight excluding hydrogens is 308 g/mol. The third kappa shape index (κ3) is 4.30. The lowest BCUT2D eigenvalue weighted by Crippen LogP contribution is -2.40. The summed E-state index contributed by atoms with van der Waals surface area (Å²) in [5.41, 5.74) is 10.7. The van der Waals surface area contributed by atoms with Crippen molar-refractivity contribution in [3.63, 3.8) is 0 Å². The predicted molar refractivity (Wildman–Crippen MR) is 93.1 cm³/mol. The number of anilines is 1. The molecule has 1 amide bonds. The summed E-state index contributed by atoms with van der Waals surface area (Å²) in [6, 6.07) is 8.32. The molecule has 3 rings (SSSR count). The fourth-order valence-corrected chi connectivity index (χ4v) is 3.57. The van der Waals surface area contributed by atoms with Gasteiger partial charge in [-0.1, -0.05) is 18.2 Å². The van der Waals surface area contributed by atoms with Crippen LogP contribution in [0.3, 0.4) is 0 Å². The van der Waals surface area contributed by atoms with Crippen LogP contribution in [0.4, 0.5) is 5.69 Å². The van der Waals surface area contributed by atoms with E-state index in [0.29, 0.717) is 0 Å². The first-order chi connectivity index (χ1) is 11.2. The minimum Gasteiger partial charge on any atom is -0.379 e. The summed E-state index contributed by atoms with van der Waals surface area (Å²) >= 11 is 1.61. The third-order valence-corrected chi connectivity index (χ3v) is 4.90. The van der Waals surface area contributed by atoms with Gasteiger partial charge in [-0.3, -0.25) is 9.69 Å². The minimum atomic E-state index is -0.176. The summed E-state index contributed by atoms with van der Waals surface area (Å²) in [7, 11) is 0. The van der Waals surface area contributed by atoms with Crippen molar-refractivity contribution in [2.75, 3.05) is 18.4 Å². The number of hydrogen-bond acceptors (Lipinski definition) is 5. The second-order valence-electron chi connectivity index (χ2n) is 5.97. The smallest absolute Gasteiger partial charge is 0.221 e. The van der Waals surface area contributed by atoms with E-state index < -0.39 is 0 Å². The molecule has 0 radical (unpaired) electrons. The molecule has 1 atom stereocenters. The summed E-state index contributed by atoms with van der Waals surface area (Å²) in [6.07, 6.45) is 1.94. The maximum absolute atomic E-state index is 11.4. The van der Waals surface area contributed by atoms with Crippen molar-refractivity contribution in [2.24, 2.45) is 11.7 Å². The van der Waals surface area contributed by atoms with Gasteiger partial charge in [0.15, 0.2) is 0 Å². The Morgan fingerprint density at radius 1 is 1.43 bits per heavy atom. The predicted octanol–water partition coefficient (Wildman–Crippen LogP) is 2.45. The molecule has 1 fully saturated rings. The number of benzene rings is 1. The SMILES string of the molecule is NC(=O)C1CCCN(Cc2ccccc2NCc2cscn2)C1. The number of rotatable bonds is 6. The van der Waals surface area contributed by atoms with Gasteiger partial charge in [0.05, 0.1) is 23.7 Å². The van der Waals surface area contributed by atoms with Crippen molar-refractivity contribution in [1.29, 1.82) is 0 Å². The first kappa shape index (κ1) is 16.0. The van der Waals surface area contributed by atoms with Gasteiger partial charge in [0.2, 0.25) is 5.91 Å². The van der Waals surface area contributed by atoms with Crippen LogP contribution in [0.5, 0.6) is 0 Å². The normalized spacial score (nSPS) is 18.7. The van der Waals surface area contributed by atoms with Crippen molar-refractivity contribution in [1.82, 2.24) is 9.88 Å². The highest BCUT2D eigenvalue weighted by Gasteiger charge is 2.24. The molecule has 23 heavy (non-hydrogen) atoms. The number of likely N-dealkylation sites (tertiary alicyclic amines) is 1. The highest BCUT2D eigenvalue weighted by Crippen LogP contribution is 2.22. The van der Waals surface area contributed by atoms with Crippen LogP contribution in [0.25, 0.3) is 0 Å². The lowest BCUT2D eigenvalue weighted by molar-refractivity contribution is -0.123. The lowest BCUT2D eigenvalue weighted by Gasteiger charge is -2.31. The monoisotopic (exact) mass is 330 g/mol. The number of nitrogens with two attached hydrogens (primary N) is 1. The Labute approximate surface area is 140 Å². The third-order valence-electron chi connectivity index (χ3n) is 4.26. The van der Waals surface area contributed by atoms with Gasteiger partial charge in [0.25, 0.3) is 0 Å². The van der Waals surface area contributed by atoms with Crippen LogP contribution in [-0.2, 0) is 17.9 Å². The minimum absolute atomic E-state index is 0.0149. The molecule has 0 aliphatic carbocycles. The Morgan fingerprint density at radius 2 is 2.30 bits per heavy atom. The number of para-hydroxylation sites is 1. The van der Waals surface area contributed by atoms with Crippen molar-refractivity contribution in [2.45, 2.75) is 25.9 Å². The summed E-state index contributed by atoms with van der Waals surface area (Å²) < 4.78 is 0. The number of thiazole rings is 1. The first-order valence-corrected chi connectivity index (χ1v) is 8.87. The van der Waals surface area contributed by atoms with E-state index in [1.807, 2.05) is 11.6 Å². The van der Waals surface area contributed by atoms with Crippen LogP contribution >= 0.6 is 11.3 Å². The number of nitrogens with zero attached hydrogens (tertiary/aromatic N) is 2. The van der Waals surface area contributed by atoms with Gasteiger partial charge < -0.3 is 11.1 Å². The summed E-state index contributed by atoms with van der Waals surface area (Å²) in [6.45, 7) is 3.34. The fourth-order valence-electron chi connectivity index (χ4n) is 3.01. The second kappa shape index (κ2) is 7.57. The van der Waals surface area contributed by atoms with Crippen LogP contribution in [0.2, 0.25) is 0 Å². The van der Waals surface area contributed by atoms with Gasteiger partial charge in [0.1, 0.15) is 0 Å². The first-order valence-electron chi connectivity index (χ1n) is 7.93. The van der Waals surface area contributed by atoms with E-state index in [1.165, 1.54) is 5.56 Å². The van der Waals surface area contributed by atoms with Crippen LogP contribution in [0, 0.1) is 5.92 Å². The topological polar surface area (TPSA) is 71.2 Å². The van der Waals surface area contributed by atoms with Crippen molar-refractivity contribution in [3.05, 3.63) is 46.4 Å². The van der Waals surface area contributed by atoms with Crippen LogP contribution in [0.15, 0.2) is 35.2 Å². The highest BCUT2D eigenvalue weighted by atomic mass is 32.1. The van der Waals surface area contributed by atoms with Crippen LogP contribution in [-0.4, -0.2) is 28.9 Å². The molecule has 5 nitrogen and oxygen atoms in total. The van der Waals surface area contributed by atoms with E-state index in [1.54, 1.807) is 11.3 Å². The average molecular weight is 330 g/mol. The molecule has 1 aromatic carbocycles. The molecule has 1 aromatic heterocycles. The number of piperidine rings is 1. The highest BCUT2D eigenvalue weighted by molar-refractivity contribution is 7.07. The molecule has 2 aromatic rings. The van der Waals surface area contributed by atoms with Crippen molar-refractivity contribution >= 4 is 22.9 Å². The van der Waals surface area contributed by atoms with Crippen molar-refractivity contribution in [3.8, 4) is 0 Å². The molecule has 1 aliphatic heterocycles. The molecular formula is C17H22N4OS. The number of primary amides is 1. The van der Waals surface area contributed by atoms with E-state index in [2.05, 4.69) is 38.8 Å². The molecule has 0 spiro atoms. The van der Waals surface area contributed by atoms with Crippen molar-refractivity contribution < 1.29 is 4.79 Å². The zero-order valence-electron chi connectivity index (χ0n) is 13.1. The molecule has 1 aliphatic rings. The standard InChI is InChI=1S/C17H22N4OS/c18-17(22)14-5-3-7-21(10-14)9-13-4-1-2-6-16(13)19-8-15-11-23-12-20-15/h1-2,4,6,11-12,14,19H,3,5,7-10H2,(H2,18,22). The molecule has 6 heteroatoms. The van der Waals surface area contributed by atoms with E-state index in [4.69, 9.17) is 5.73 Å². The molecule has 0 saturated carbocycles. The van der Waals surface area contributed by atoms with E-state index >= 15 is 0 Å². The Bertz CT molecular complexity index is 644. The molecule has 0 bridgehead atoms. The fraction of sp³-hybridized carbons (Fsp3) is 0.412. The summed E-state index contributed by atoms with van der Waals surface area (Å²) in [4.78, 5) is 18.1. The van der Waals surface area contributed by atoms with Gasteiger partial charge >= 0.3 is 0 Å². The van der Waals surface area contributed by atoms with E-state index in [-0.39, 0.29) is 11.8 Å². The van der Waals surface area contributed by atoms with Gasteiger partial charge in [-0.25, -0.2) is 4.98 Å². The number of amides is 1. The van der Waals surface area contributed by atoms with E-state index in [9.17, 15) is 4.79 Å². The van der Waals surface area contributed by atoms with E-state index in [0.717, 1.165) is 50.4 Å².